The highest BCUT2D eigenvalue weighted by atomic mass is 32.2. The number of hydrogen-bond acceptors (Lipinski definition) is 5. The minimum absolute atomic E-state index is 0.0117. The summed E-state index contributed by atoms with van der Waals surface area (Å²) in [5.41, 5.74) is 6.30. The van der Waals surface area contributed by atoms with Gasteiger partial charge in [0.1, 0.15) is 17.1 Å². The number of β-lactam (4-membered cyclic amide) rings is 1. The number of thioether (sulfide) groups is 1. The molecule has 2 aliphatic rings. The van der Waals surface area contributed by atoms with E-state index in [1.54, 1.807) is 41.2 Å². The van der Waals surface area contributed by atoms with Crippen molar-refractivity contribution < 1.29 is 24.4 Å². The summed E-state index contributed by atoms with van der Waals surface area (Å²) in [6.07, 6.45) is 6.87. The van der Waals surface area contributed by atoms with Crippen molar-refractivity contribution >= 4 is 23.6 Å². The smallest absolute Gasteiger partial charge is 0.352 e. The number of carboxylic acid groups (broad SMARTS) is 1. The van der Waals surface area contributed by atoms with E-state index in [1.165, 1.54) is 16.7 Å². The lowest BCUT2D eigenvalue weighted by Gasteiger charge is -2.47. The molecule has 0 spiro atoms. The number of carbonyl (C=O) groups is 2. The second-order valence-corrected chi connectivity index (χ2v) is 6.38. The van der Waals surface area contributed by atoms with Crippen molar-refractivity contribution in [3.8, 4) is 5.75 Å². The Labute approximate surface area is 136 Å². The number of allylic oxidation sites excluding steroid dienone is 2. The molecular weight excluding hydrogens is 318 g/mol. The monoisotopic (exact) mass is 334 g/mol. The fraction of sp³-hybridized carbons (Fsp3) is 0.267. The van der Waals surface area contributed by atoms with Crippen molar-refractivity contribution in [3.63, 3.8) is 0 Å². The maximum absolute atomic E-state index is 11.8. The van der Waals surface area contributed by atoms with Gasteiger partial charge in [0.2, 0.25) is 12.1 Å². The first kappa shape index (κ1) is 15.6. The third-order valence-electron chi connectivity index (χ3n) is 3.72. The van der Waals surface area contributed by atoms with Crippen LogP contribution < -0.4 is 10.3 Å². The Kier molecular flexibility index (Phi) is 4.10. The molecule has 4 N–H and O–H groups in total. The standard InChI is InChI=1S/C15H15N3O4S/c16-11-13(20)18-12(15(21)22)9(8-23-14(11)18)3-1-5-17-6-2-4-10(19)7-17/h1-4,6-7,11,14H,5,8,16H2,(H-,19,21,22)/p+1/t11-,14-/m1/s1. The Bertz CT molecular complexity index is 731. The Balaban J connectivity index is 1.81. The number of fused-ring (bicyclic) bond motifs is 1. The van der Waals surface area contributed by atoms with Crippen LogP contribution in [0.1, 0.15) is 0 Å². The molecule has 120 valence electrons. The van der Waals surface area contributed by atoms with Crippen LogP contribution in [-0.4, -0.2) is 44.2 Å². The van der Waals surface area contributed by atoms with Crippen LogP contribution in [0.25, 0.3) is 0 Å². The van der Waals surface area contributed by atoms with E-state index in [2.05, 4.69) is 0 Å². The van der Waals surface area contributed by atoms with Gasteiger partial charge in [0, 0.05) is 11.8 Å². The molecular formula is C15H16N3O4S+. The molecule has 2 atom stereocenters. The Hall–Kier alpha value is -2.32. The van der Waals surface area contributed by atoms with Gasteiger partial charge < -0.3 is 15.9 Å². The van der Waals surface area contributed by atoms with Crippen LogP contribution in [0.2, 0.25) is 0 Å². The first-order valence-corrected chi connectivity index (χ1v) is 8.05. The molecule has 2 aliphatic heterocycles. The molecule has 0 unspecified atom stereocenters. The van der Waals surface area contributed by atoms with Crippen molar-refractivity contribution in [1.82, 2.24) is 4.90 Å². The van der Waals surface area contributed by atoms with Crippen LogP contribution in [-0.2, 0) is 16.1 Å². The quantitative estimate of drug-likeness (QED) is 0.521. The molecule has 3 heterocycles. The minimum atomic E-state index is -1.12. The molecule has 1 aromatic rings. The topological polar surface area (TPSA) is 108 Å². The molecule has 1 aromatic heterocycles. The number of pyridine rings is 1. The number of hydrogen-bond donors (Lipinski definition) is 3. The van der Waals surface area contributed by atoms with Gasteiger partial charge in [-0.1, -0.05) is 6.08 Å². The highest BCUT2D eigenvalue weighted by Gasteiger charge is 2.51. The molecule has 7 nitrogen and oxygen atoms in total. The highest BCUT2D eigenvalue weighted by Crippen LogP contribution is 2.39. The maximum atomic E-state index is 11.8. The third kappa shape index (κ3) is 2.82. The highest BCUT2D eigenvalue weighted by molar-refractivity contribution is 8.00. The predicted octanol–water partition coefficient (Wildman–Crippen LogP) is -0.183. The molecule has 3 rings (SSSR count). The number of amides is 1. The SMILES string of the molecule is N[C@@H]1C(=O)N2C(C(=O)O)=C(C=CC[n+]3cccc(O)c3)CS[C@H]12. The van der Waals surface area contributed by atoms with Gasteiger partial charge >= 0.3 is 5.97 Å². The lowest BCUT2D eigenvalue weighted by molar-refractivity contribution is -0.687. The van der Waals surface area contributed by atoms with Crippen LogP contribution in [0.5, 0.6) is 5.75 Å². The van der Waals surface area contributed by atoms with E-state index in [0.717, 1.165) is 0 Å². The zero-order valence-corrected chi connectivity index (χ0v) is 12.9. The predicted molar refractivity (Wildman–Crippen MR) is 83.2 cm³/mol. The fourth-order valence-electron chi connectivity index (χ4n) is 2.61. The number of nitrogens with zero attached hydrogens (tertiary/aromatic N) is 2. The van der Waals surface area contributed by atoms with E-state index >= 15 is 0 Å². The van der Waals surface area contributed by atoms with Gasteiger partial charge in [0.05, 0.1) is 0 Å². The lowest BCUT2D eigenvalue weighted by atomic mass is 10.0. The Morgan fingerprint density at radius 2 is 2.35 bits per heavy atom. The number of aromatic nitrogens is 1. The number of aromatic hydroxyl groups is 1. The van der Waals surface area contributed by atoms with Gasteiger partial charge in [0.15, 0.2) is 18.5 Å². The summed E-state index contributed by atoms with van der Waals surface area (Å²) in [5.74, 6) is -0.832. The van der Waals surface area contributed by atoms with Crippen LogP contribution >= 0.6 is 11.8 Å². The van der Waals surface area contributed by atoms with Gasteiger partial charge in [0.25, 0.3) is 0 Å². The minimum Gasteiger partial charge on any atom is -0.503 e. The summed E-state index contributed by atoms with van der Waals surface area (Å²) < 4.78 is 1.76. The van der Waals surface area contributed by atoms with E-state index in [9.17, 15) is 19.8 Å². The van der Waals surface area contributed by atoms with Crippen LogP contribution in [0.4, 0.5) is 0 Å². The van der Waals surface area contributed by atoms with Crippen molar-refractivity contribution in [3.05, 3.63) is 47.9 Å². The van der Waals surface area contributed by atoms with Crippen LogP contribution in [0.15, 0.2) is 47.9 Å². The Morgan fingerprint density at radius 3 is 3.04 bits per heavy atom. The number of carboxylic acids is 1. The number of rotatable bonds is 4. The number of carbonyl (C=O) groups excluding carboxylic acids is 1. The average Bonchev–Trinajstić information content (AvgIpc) is 2.53. The van der Waals surface area contributed by atoms with Gasteiger partial charge in [-0.15, -0.1) is 11.8 Å². The molecule has 23 heavy (non-hydrogen) atoms. The lowest BCUT2D eigenvalue weighted by Crippen LogP contribution is -2.68. The summed E-state index contributed by atoms with van der Waals surface area (Å²) in [5, 5.41) is 18.5. The van der Waals surface area contributed by atoms with Crippen LogP contribution in [0, 0.1) is 0 Å². The molecule has 0 aromatic carbocycles. The van der Waals surface area contributed by atoms with Crippen LogP contribution in [0.3, 0.4) is 0 Å². The van der Waals surface area contributed by atoms with E-state index < -0.39 is 12.0 Å². The van der Waals surface area contributed by atoms with Crippen molar-refractivity contribution in [1.29, 1.82) is 0 Å². The molecule has 0 bridgehead atoms. The first-order chi connectivity index (χ1) is 11.0. The summed E-state index contributed by atoms with van der Waals surface area (Å²) in [4.78, 5) is 24.6. The normalized spacial score (nSPS) is 23.9. The summed E-state index contributed by atoms with van der Waals surface area (Å²) in [7, 11) is 0. The molecule has 1 fully saturated rings. The fourth-order valence-corrected chi connectivity index (χ4v) is 3.87. The summed E-state index contributed by atoms with van der Waals surface area (Å²) in [6, 6.07) is 2.66. The number of nitrogens with two attached hydrogens (primary N) is 1. The zero-order valence-electron chi connectivity index (χ0n) is 12.1. The van der Waals surface area contributed by atoms with E-state index in [0.29, 0.717) is 17.9 Å². The van der Waals surface area contributed by atoms with Crippen molar-refractivity contribution in [2.75, 3.05) is 5.75 Å². The second-order valence-electron chi connectivity index (χ2n) is 5.28. The summed E-state index contributed by atoms with van der Waals surface area (Å²) >= 11 is 1.46. The van der Waals surface area contributed by atoms with Gasteiger partial charge in [-0.2, -0.15) is 4.57 Å². The van der Waals surface area contributed by atoms with E-state index in [-0.39, 0.29) is 22.7 Å². The molecule has 8 heteroatoms. The van der Waals surface area contributed by atoms with Gasteiger partial charge in [-0.25, -0.2) is 4.79 Å². The zero-order chi connectivity index (χ0) is 16.6. The van der Waals surface area contributed by atoms with E-state index in [4.69, 9.17) is 5.73 Å². The maximum Gasteiger partial charge on any atom is 0.352 e. The molecule has 1 amide bonds. The first-order valence-electron chi connectivity index (χ1n) is 7.00. The molecule has 0 saturated carbocycles. The largest absolute Gasteiger partial charge is 0.503 e. The van der Waals surface area contributed by atoms with Crippen molar-refractivity contribution in [2.24, 2.45) is 5.73 Å². The third-order valence-corrected chi connectivity index (χ3v) is 5.04. The van der Waals surface area contributed by atoms with Gasteiger partial charge in [-0.05, 0) is 17.7 Å². The average molecular weight is 334 g/mol. The molecule has 1 saturated heterocycles. The van der Waals surface area contributed by atoms with E-state index in [1.807, 2.05) is 0 Å². The second kappa shape index (κ2) is 6.05. The molecule has 0 radical (unpaired) electrons. The number of aliphatic carboxylic acids is 1. The Morgan fingerprint density at radius 1 is 1.57 bits per heavy atom. The molecule has 0 aliphatic carbocycles. The summed E-state index contributed by atoms with van der Waals surface area (Å²) in [6.45, 7) is 0.479. The van der Waals surface area contributed by atoms with Crippen molar-refractivity contribution in [2.45, 2.75) is 18.0 Å². The van der Waals surface area contributed by atoms with Gasteiger partial charge in [-0.3, -0.25) is 9.69 Å².